The predicted molar refractivity (Wildman–Crippen MR) is 185 cm³/mol. The van der Waals surface area contributed by atoms with Crippen LogP contribution < -0.4 is 0 Å². The summed E-state index contributed by atoms with van der Waals surface area (Å²) in [5.41, 5.74) is 2.55. The van der Waals surface area contributed by atoms with Crippen LogP contribution in [-0.4, -0.2) is 13.2 Å². The van der Waals surface area contributed by atoms with Gasteiger partial charge in [-0.3, -0.25) is 0 Å². The minimum atomic E-state index is 0.995. The van der Waals surface area contributed by atoms with Gasteiger partial charge in [-0.15, -0.1) is 0 Å². The molecule has 0 N–H and O–H groups in total. The molecule has 0 bridgehead atoms. The van der Waals surface area contributed by atoms with E-state index in [0.717, 1.165) is 13.2 Å². The zero-order valence-corrected chi connectivity index (χ0v) is 27.6. The highest BCUT2D eigenvalue weighted by Gasteiger charge is 1.96. The first-order valence-electron chi connectivity index (χ1n) is 18.1. The minimum Gasteiger partial charge on any atom is -0.381 e. The lowest BCUT2D eigenvalue weighted by atomic mass is 10.1. The highest BCUT2D eigenvalue weighted by molar-refractivity contribution is 5.62. The molecule has 2 aromatic rings. The van der Waals surface area contributed by atoms with Crippen LogP contribution in [0.1, 0.15) is 168 Å². The second-order valence-corrected chi connectivity index (χ2v) is 12.1. The molecule has 2 aromatic carbocycles. The van der Waals surface area contributed by atoms with E-state index in [1.165, 1.54) is 165 Å². The van der Waals surface area contributed by atoms with Gasteiger partial charge < -0.3 is 4.74 Å². The van der Waals surface area contributed by atoms with E-state index in [0.29, 0.717) is 0 Å². The quantitative estimate of drug-likeness (QED) is 0.0980. The monoisotopic (exact) mass is 565 g/mol. The molecule has 0 spiro atoms. The number of benzene rings is 2. The van der Waals surface area contributed by atoms with Crippen molar-refractivity contribution in [2.45, 2.75) is 168 Å². The summed E-state index contributed by atoms with van der Waals surface area (Å²) in [5.74, 6) is 0. The fraction of sp³-hybridized carbons (Fsp3) is 0.700. The Hall–Kier alpha value is -1.60. The van der Waals surface area contributed by atoms with Gasteiger partial charge >= 0.3 is 0 Å². The Bertz CT molecular complexity index is 662. The highest BCUT2D eigenvalue weighted by Crippen LogP contribution is 2.17. The van der Waals surface area contributed by atoms with E-state index in [9.17, 15) is 0 Å². The third kappa shape index (κ3) is 25.8. The molecule has 0 amide bonds. The Morgan fingerprint density at radius 3 is 0.829 bits per heavy atom. The third-order valence-corrected chi connectivity index (χ3v) is 8.17. The van der Waals surface area contributed by atoms with Crippen LogP contribution in [0.4, 0.5) is 0 Å². The van der Waals surface area contributed by atoms with Crippen LogP contribution in [-0.2, 0) is 4.74 Å². The van der Waals surface area contributed by atoms with Gasteiger partial charge in [0.15, 0.2) is 0 Å². The molecule has 0 saturated heterocycles. The Balaban J connectivity index is 0.000000570. The number of unbranched alkanes of at least 4 members (excludes halogenated alkanes) is 22. The maximum Gasteiger partial charge on any atom is 0.0466 e. The zero-order chi connectivity index (χ0) is 29.3. The highest BCUT2D eigenvalue weighted by atomic mass is 16.5. The number of hydrogen-bond donors (Lipinski definition) is 0. The molecule has 1 heteroatoms. The SMILES string of the molecule is CCCCCCCCCCCCCCOCCCCCCCCCCCCCC.c1ccc(-c2ccccc2)cc1. The minimum absolute atomic E-state index is 0.995. The zero-order valence-electron chi connectivity index (χ0n) is 27.6. The molecule has 1 nitrogen and oxygen atoms in total. The molecule has 0 aliphatic heterocycles. The van der Waals surface area contributed by atoms with Crippen molar-refractivity contribution in [3.63, 3.8) is 0 Å². The second kappa shape index (κ2) is 31.3. The van der Waals surface area contributed by atoms with Gasteiger partial charge in [-0.05, 0) is 24.0 Å². The van der Waals surface area contributed by atoms with Crippen molar-refractivity contribution in [3.05, 3.63) is 60.7 Å². The number of ether oxygens (including phenoxy) is 1. The average Bonchev–Trinajstić information content (AvgIpc) is 3.02. The summed E-state index contributed by atoms with van der Waals surface area (Å²) in [4.78, 5) is 0. The van der Waals surface area contributed by atoms with Gasteiger partial charge in [-0.2, -0.15) is 0 Å². The molecule has 0 saturated carbocycles. The number of rotatable bonds is 27. The van der Waals surface area contributed by atoms with E-state index in [4.69, 9.17) is 4.74 Å². The van der Waals surface area contributed by atoms with Crippen LogP contribution in [0.15, 0.2) is 60.7 Å². The van der Waals surface area contributed by atoms with Gasteiger partial charge in [-0.25, -0.2) is 0 Å². The van der Waals surface area contributed by atoms with Crippen molar-refractivity contribution in [3.8, 4) is 11.1 Å². The van der Waals surface area contributed by atoms with E-state index in [1.807, 2.05) is 12.1 Å². The van der Waals surface area contributed by atoms with Crippen LogP contribution in [0.2, 0.25) is 0 Å². The second-order valence-electron chi connectivity index (χ2n) is 12.1. The van der Waals surface area contributed by atoms with Gasteiger partial charge in [-0.1, -0.05) is 216 Å². The van der Waals surface area contributed by atoms with Gasteiger partial charge in [0.2, 0.25) is 0 Å². The maximum atomic E-state index is 5.82. The van der Waals surface area contributed by atoms with Crippen LogP contribution in [0.3, 0.4) is 0 Å². The van der Waals surface area contributed by atoms with Crippen molar-refractivity contribution in [2.75, 3.05) is 13.2 Å². The van der Waals surface area contributed by atoms with Crippen LogP contribution >= 0.6 is 0 Å². The molecule has 0 aliphatic rings. The molecule has 0 atom stereocenters. The first-order chi connectivity index (χ1) is 20.4. The lowest BCUT2D eigenvalue weighted by molar-refractivity contribution is 0.125. The molecule has 0 aromatic heterocycles. The Labute approximate surface area is 257 Å². The molecule has 0 radical (unpaired) electrons. The summed E-state index contributed by atoms with van der Waals surface area (Å²) >= 11 is 0. The summed E-state index contributed by atoms with van der Waals surface area (Å²) in [6, 6.07) is 20.8. The fourth-order valence-electron chi connectivity index (χ4n) is 5.45. The number of hydrogen-bond acceptors (Lipinski definition) is 1. The lowest BCUT2D eigenvalue weighted by Gasteiger charge is -2.05. The molecule has 41 heavy (non-hydrogen) atoms. The summed E-state index contributed by atoms with van der Waals surface area (Å²) in [6.45, 7) is 6.58. The first kappa shape index (κ1) is 37.4. The van der Waals surface area contributed by atoms with Crippen molar-refractivity contribution < 1.29 is 4.74 Å². The molecular weight excluding hydrogens is 496 g/mol. The summed E-state index contributed by atoms with van der Waals surface area (Å²) < 4.78 is 5.82. The Kier molecular flexibility index (Phi) is 28.6. The van der Waals surface area contributed by atoms with E-state index in [-0.39, 0.29) is 0 Å². The van der Waals surface area contributed by atoms with Crippen molar-refractivity contribution in [2.24, 2.45) is 0 Å². The lowest BCUT2D eigenvalue weighted by Crippen LogP contribution is -1.97. The van der Waals surface area contributed by atoms with Gasteiger partial charge in [0.05, 0.1) is 0 Å². The molecule has 0 unspecified atom stereocenters. The molecule has 234 valence electrons. The van der Waals surface area contributed by atoms with Gasteiger partial charge in [0, 0.05) is 13.2 Å². The largest absolute Gasteiger partial charge is 0.381 e. The van der Waals surface area contributed by atoms with Crippen LogP contribution in [0, 0.1) is 0 Å². The first-order valence-corrected chi connectivity index (χ1v) is 18.1. The average molecular weight is 565 g/mol. The van der Waals surface area contributed by atoms with Gasteiger partial charge in [0.1, 0.15) is 0 Å². The van der Waals surface area contributed by atoms with E-state index in [2.05, 4.69) is 62.4 Å². The normalized spacial score (nSPS) is 10.9. The van der Waals surface area contributed by atoms with Crippen LogP contribution in [0.5, 0.6) is 0 Å². The predicted octanol–water partition coefficient (Wildman–Crippen LogP) is 13.8. The summed E-state index contributed by atoms with van der Waals surface area (Å²) in [7, 11) is 0. The molecule has 0 heterocycles. The topological polar surface area (TPSA) is 9.23 Å². The standard InChI is InChI=1S/C28H58O.C12H10/c1-3-5-7-9-11-13-15-17-19-21-23-25-27-29-28-26-24-22-20-18-16-14-12-10-8-6-4-2;1-3-7-11(8-4-1)12-9-5-2-6-10-12/h3-28H2,1-2H3;1-10H. The summed E-state index contributed by atoms with van der Waals surface area (Å²) in [5, 5.41) is 0. The third-order valence-electron chi connectivity index (χ3n) is 8.17. The van der Waals surface area contributed by atoms with Crippen LogP contribution in [0.25, 0.3) is 11.1 Å². The van der Waals surface area contributed by atoms with Gasteiger partial charge in [0.25, 0.3) is 0 Å². The fourth-order valence-corrected chi connectivity index (χ4v) is 5.45. The van der Waals surface area contributed by atoms with Crippen molar-refractivity contribution in [1.82, 2.24) is 0 Å². The maximum absolute atomic E-state index is 5.82. The Morgan fingerprint density at radius 1 is 0.317 bits per heavy atom. The molecule has 0 fully saturated rings. The van der Waals surface area contributed by atoms with Crippen molar-refractivity contribution >= 4 is 0 Å². The molecular formula is C40H68O. The smallest absolute Gasteiger partial charge is 0.0466 e. The molecule has 0 aliphatic carbocycles. The molecule has 2 rings (SSSR count). The van der Waals surface area contributed by atoms with Crippen molar-refractivity contribution in [1.29, 1.82) is 0 Å². The van der Waals surface area contributed by atoms with E-state index in [1.54, 1.807) is 0 Å². The Morgan fingerprint density at radius 2 is 0.561 bits per heavy atom. The summed E-state index contributed by atoms with van der Waals surface area (Å²) in [6.07, 6.45) is 34.1. The van der Waals surface area contributed by atoms with E-state index < -0.39 is 0 Å². The van der Waals surface area contributed by atoms with E-state index >= 15 is 0 Å².